The Labute approximate surface area is 154 Å². The number of rotatable bonds is 6. The van der Waals surface area contributed by atoms with Gasteiger partial charge in [-0.25, -0.2) is 0 Å². The standard InChI is InChI=1S/C20H18F3NO3/c1-24(2)19(26)13-27-16-8-5-7-15(12-16)18(25)11-10-14-6-3-4-9-17(14)20(21,22)23/h3-12H,13H2,1-2H3/b11-10+. The monoisotopic (exact) mass is 377 g/mol. The van der Waals surface area contributed by atoms with Crippen molar-refractivity contribution in [2.45, 2.75) is 6.18 Å². The van der Waals surface area contributed by atoms with Gasteiger partial charge in [0.05, 0.1) is 5.56 Å². The number of ether oxygens (including phenoxy) is 1. The van der Waals surface area contributed by atoms with Crippen LogP contribution in [0.3, 0.4) is 0 Å². The van der Waals surface area contributed by atoms with Crippen LogP contribution in [0.5, 0.6) is 5.75 Å². The lowest BCUT2D eigenvalue weighted by Crippen LogP contribution is -2.27. The first-order valence-electron chi connectivity index (χ1n) is 8.00. The Morgan fingerprint density at radius 3 is 2.44 bits per heavy atom. The zero-order valence-corrected chi connectivity index (χ0v) is 14.8. The highest BCUT2D eigenvalue weighted by Crippen LogP contribution is 2.32. The normalized spacial score (nSPS) is 11.4. The average Bonchev–Trinajstić information content (AvgIpc) is 2.63. The van der Waals surface area contributed by atoms with Gasteiger partial charge >= 0.3 is 6.18 Å². The van der Waals surface area contributed by atoms with Gasteiger partial charge < -0.3 is 9.64 Å². The molecule has 2 aromatic rings. The molecule has 0 aromatic heterocycles. The predicted molar refractivity (Wildman–Crippen MR) is 95.4 cm³/mol. The minimum atomic E-state index is -4.50. The van der Waals surface area contributed by atoms with Gasteiger partial charge in [-0.3, -0.25) is 9.59 Å². The number of hydrogen-bond donors (Lipinski definition) is 0. The van der Waals surface area contributed by atoms with E-state index in [1.807, 2.05) is 0 Å². The topological polar surface area (TPSA) is 46.6 Å². The van der Waals surface area contributed by atoms with E-state index in [0.29, 0.717) is 5.75 Å². The molecule has 0 aliphatic rings. The van der Waals surface area contributed by atoms with Crippen LogP contribution >= 0.6 is 0 Å². The molecule has 1 amide bonds. The number of nitrogens with zero attached hydrogens (tertiary/aromatic N) is 1. The summed E-state index contributed by atoms with van der Waals surface area (Å²) in [6.45, 7) is -0.181. The van der Waals surface area contributed by atoms with Crippen LogP contribution in [-0.4, -0.2) is 37.3 Å². The van der Waals surface area contributed by atoms with Crippen molar-refractivity contribution in [1.29, 1.82) is 0 Å². The van der Waals surface area contributed by atoms with Crippen molar-refractivity contribution in [3.63, 3.8) is 0 Å². The largest absolute Gasteiger partial charge is 0.484 e. The Bertz CT molecular complexity index is 858. The molecule has 2 aromatic carbocycles. The summed E-state index contributed by atoms with van der Waals surface area (Å²) in [5.74, 6) is -0.396. The molecule has 2 rings (SSSR count). The molecule has 0 radical (unpaired) electrons. The van der Waals surface area contributed by atoms with E-state index in [1.54, 1.807) is 26.2 Å². The summed E-state index contributed by atoms with van der Waals surface area (Å²) < 4.78 is 44.3. The second-order valence-electron chi connectivity index (χ2n) is 5.89. The van der Waals surface area contributed by atoms with Crippen LogP contribution in [0.2, 0.25) is 0 Å². The van der Waals surface area contributed by atoms with E-state index >= 15 is 0 Å². The molecule has 0 heterocycles. The number of carbonyl (C=O) groups excluding carboxylic acids is 2. The number of amides is 1. The molecule has 4 nitrogen and oxygen atoms in total. The van der Waals surface area contributed by atoms with Crippen molar-refractivity contribution in [2.24, 2.45) is 0 Å². The Morgan fingerprint density at radius 2 is 1.78 bits per heavy atom. The third kappa shape index (κ3) is 5.70. The summed E-state index contributed by atoms with van der Waals surface area (Å²) in [4.78, 5) is 25.2. The summed E-state index contributed by atoms with van der Waals surface area (Å²) in [5, 5.41) is 0. The number of likely N-dealkylation sites (N-methyl/N-ethyl adjacent to an activating group) is 1. The molecule has 0 unspecified atom stereocenters. The number of benzene rings is 2. The van der Waals surface area contributed by atoms with E-state index in [4.69, 9.17) is 4.74 Å². The number of allylic oxidation sites excluding steroid dienone is 1. The molecule has 0 atom stereocenters. The van der Waals surface area contributed by atoms with Gasteiger partial charge in [0.2, 0.25) is 0 Å². The molecule has 0 spiro atoms. The van der Waals surface area contributed by atoms with E-state index in [0.717, 1.165) is 18.2 Å². The molecule has 142 valence electrons. The second-order valence-corrected chi connectivity index (χ2v) is 5.89. The van der Waals surface area contributed by atoms with E-state index < -0.39 is 17.5 Å². The molecular formula is C20H18F3NO3. The highest BCUT2D eigenvalue weighted by atomic mass is 19.4. The Balaban J connectivity index is 2.14. The van der Waals surface area contributed by atoms with Gasteiger partial charge in [-0.1, -0.05) is 36.4 Å². The quantitative estimate of drug-likeness (QED) is 0.563. The van der Waals surface area contributed by atoms with Gasteiger partial charge in [0, 0.05) is 19.7 Å². The molecule has 0 saturated heterocycles. The highest BCUT2D eigenvalue weighted by molar-refractivity contribution is 6.07. The van der Waals surface area contributed by atoms with Gasteiger partial charge in [-0.05, 0) is 29.8 Å². The van der Waals surface area contributed by atoms with Crippen LogP contribution in [0.25, 0.3) is 6.08 Å². The van der Waals surface area contributed by atoms with Crippen LogP contribution in [0, 0.1) is 0 Å². The van der Waals surface area contributed by atoms with Gasteiger partial charge in [0.1, 0.15) is 5.75 Å². The zero-order chi connectivity index (χ0) is 20.0. The van der Waals surface area contributed by atoms with Crippen LogP contribution in [0.1, 0.15) is 21.5 Å². The van der Waals surface area contributed by atoms with Crippen molar-refractivity contribution in [3.8, 4) is 5.75 Å². The summed E-state index contributed by atoms with van der Waals surface area (Å²) in [6.07, 6.45) is -2.29. The second kappa shape index (κ2) is 8.53. The van der Waals surface area contributed by atoms with Crippen molar-refractivity contribution in [2.75, 3.05) is 20.7 Å². The first kappa shape index (κ1) is 20.2. The van der Waals surface area contributed by atoms with Crippen LogP contribution < -0.4 is 4.74 Å². The molecule has 0 bridgehead atoms. The fraction of sp³-hybridized carbons (Fsp3) is 0.200. The van der Waals surface area contributed by atoms with Gasteiger partial charge in [-0.2, -0.15) is 13.2 Å². The fourth-order valence-corrected chi connectivity index (χ4v) is 2.18. The number of hydrogen-bond acceptors (Lipinski definition) is 3. The van der Waals surface area contributed by atoms with Crippen LogP contribution in [0.4, 0.5) is 13.2 Å². The predicted octanol–water partition coefficient (Wildman–Crippen LogP) is 4.07. The molecule has 0 N–H and O–H groups in total. The van der Waals surface area contributed by atoms with E-state index in [9.17, 15) is 22.8 Å². The van der Waals surface area contributed by atoms with Gasteiger partial charge in [0.15, 0.2) is 12.4 Å². The SMILES string of the molecule is CN(C)C(=O)COc1cccc(C(=O)/C=C/c2ccccc2C(F)(F)F)c1. The average molecular weight is 377 g/mol. The number of carbonyl (C=O) groups is 2. The lowest BCUT2D eigenvalue weighted by Gasteiger charge is -2.11. The summed E-state index contributed by atoms with van der Waals surface area (Å²) in [5.41, 5.74) is -0.666. The minimum absolute atomic E-state index is 0.0951. The van der Waals surface area contributed by atoms with E-state index in [-0.39, 0.29) is 23.6 Å². The molecule has 0 aliphatic heterocycles. The fourth-order valence-electron chi connectivity index (χ4n) is 2.18. The zero-order valence-electron chi connectivity index (χ0n) is 14.8. The maximum Gasteiger partial charge on any atom is 0.416 e. The van der Waals surface area contributed by atoms with Crippen molar-refractivity contribution >= 4 is 17.8 Å². The molecule has 0 saturated carbocycles. The first-order chi connectivity index (χ1) is 12.7. The van der Waals surface area contributed by atoms with E-state index in [2.05, 4.69) is 0 Å². The first-order valence-corrected chi connectivity index (χ1v) is 8.00. The third-order valence-corrected chi connectivity index (χ3v) is 3.66. The lowest BCUT2D eigenvalue weighted by atomic mass is 10.0. The Hall–Kier alpha value is -3.09. The summed E-state index contributed by atoms with van der Waals surface area (Å²) >= 11 is 0. The molecule has 0 fully saturated rings. The maximum absolute atomic E-state index is 13.0. The summed E-state index contributed by atoms with van der Waals surface area (Å²) in [7, 11) is 3.18. The van der Waals surface area contributed by atoms with E-state index in [1.165, 1.54) is 35.2 Å². The van der Waals surface area contributed by atoms with Crippen molar-refractivity contribution < 1.29 is 27.5 Å². The maximum atomic E-state index is 13.0. The number of halogens is 3. The van der Waals surface area contributed by atoms with Crippen molar-refractivity contribution in [3.05, 3.63) is 71.3 Å². The molecule has 7 heteroatoms. The smallest absolute Gasteiger partial charge is 0.416 e. The Morgan fingerprint density at radius 1 is 1.07 bits per heavy atom. The summed E-state index contributed by atoms with van der Waals surface area (Å²) in [6, 6.07) is 11.1. The van der Waals surface area contributed by atoms with Crippen LogP contribution in [-0.2, 0) is 11.0 Å². The molecule has 0 aliphatic carbocycles. The number of ketones is 1. The highest BCUT2D eigenvalue weighted by Gasteiger charge is 2.32. The van der Waals surface area contributed by atoms with Gasteiger partial charge in [0.25, 0.3) is 5.91 Å². The number of alkyl halides is 3. The lowest BCUT2D eigenvalue weighted by molar-refractivity contribution is -0.137. The molecular weight excluding hydrogens is 359 g/mol. The molecule has 27 heavy (non-hydrogen) atoms. The third-order valence-electron chi connectivity index (χ3n) is 3.66. The Kier molecular flexibility index (Phi) is 6.39. The van der Waals surface area contributed by atoms with Crippen molar-refractivity contribution in [1.82, 2.24) is 4.90 Å². The minimum Gasteiger partial charge on any atom is -0.484 e. The van der Waals surface area contributed by atoms with Crippen LogP contribution in [0.15, 0.2) is 54.6 Å². The van der Waals surface area contributed by atoms with Gasteiger partial charge in [-0.15, -0.1) is 0 Å².